The first-order chi connectivity index (χ1) is 16.0. The summed E-state index contributed by atoms with van der Waals surface area (Å²) in [4.78, 5) is 23.2. The summed E-state index contributed by atoms with van der Waals surface area (Å²) in [6.07, 6.45) is 4.51. The van der Waals surface area contributed by atoms with Gasteiger partial charge in [-0.1, -0.05) is 11.6 Å². The summed E-state index contributed by atoms with van der Waals surface area (Å²) in [7, 11) is 0. The Balaban J connectivity index is 1.39. The maximum Gasteiger partial charge on any atom is 0.271 e. The predicted octanol–water partition coefficient (Wildman–Crippen LogP) is 2.87. The van der Waals surface area contributed by atoms with Crippen molar-refractivity contribution in [2.75, 3.05) is 30.3 Å². The van der Waals surface area contributed by atoms with Crippen LogP contribution in [0.15, 0.2) is 30.5 Å². The van der Waals surface area contributed by atoms with Gasteiger partial charge in [-0.3, -0.25) is 4.79 Å². The fourth-order valence-electron chi connectivity index (χ4n) is 3.68. The highest BCUT2D eigenvalue weighted by atomic mass is 35.5. The minimum absolute atomic E-state index is 0.135. The fraction of sp³-hybridized carbons (Fsp3) is 0.318. The van der Waals surface area contributed by atoms with E-state index in [1.165, 1.54) is 35.1 Å². The number of nitrogens with zero attached hydrogens (tertiary/aromatic N) is 6. The van der Waals surface area contributed by atoms with Gasteiger partial charge in [-0.2, -0.15) is 10.4 Å². The molecule has 1 aromatic carbocycles. The lowest BCUT2D eigenvalue weighted by atomic mass is 10.1. The molecule has 33 heavy (non-hydrogen) atoms. The lowest BCUT2D eigenvalue weighted by Gasteiger charge is -2.15. The van der Waals surface area contributed by atoms with E-state index in [0.29, 0.717) is 36.7 Å². The zero-order chi connectivity index (χ0) is 23.4. The molecule has 1 fully saturated rings. The van der Waals surface area contributed by atoms with Gasteiger partial charge in [0, 0.05) is 19.6 Å². The zero-order valence-corrected chi connectivity index (χ0v) is 18.5. The Bertz CT molecular complexity index is 1200. The summed E-state index contributed by atoms with van der Waals surface area (Å²) >= 11 is 6.14. The molecule has 0 bridgehead atoms. The molecular formula is C22H22ClFN8O. The second-order valence-corrected chi connectivity index (χ2v) is 8.03. The number of benzene rings is 1. The summed E-state index contributed by atoms with van der Waals surface area (Å²) in [5.74, 6) is -0.0788. The number of nitriles is 1. The van der Waals surface area contributed by atoms with Crippen LogP contribution < -0.4 is 16.0 Å². The molecule has 9 nitrogen and oxygen atoms in total. The number of amides is 1. The summed E-state index contributed by atoms with van der Waals surface area (Å²) < 4.78 is 14.6. The van der Waals surface area contributed by atoms with E-state index in [1.807, 2.05) is 4.90 Å². The van der Waals surface area contributed by atoms with E-state index in [0.717, 1.165) is 25.9 Å². The smallest absolute Gasteiger partial charge is 0.271 e. The van der Waals surface area contributed by atoms with Crippen molar-refractivity contribution >= 4 is 29.3 Å². The van der Waals surface area contributed by atoms with Crippen LogP contribution in [0, 0.1) is 17.1 Å². The molecule has 1 aliphatic rings. The van der Waals surface area contributed by atoms with Crippen LogP contribution in [0.25, 0.3) is 5.69 Å². The van der Waals surface area contributed by atoms with E-state index in [-0.39, 0.29) is 33.8 Å². The van der Waals surface area contributed by atoms with Crippen molar-refractivity contribution < 1.29 is 9.18 Å². The van der Waals surface area contributed by atoms with Crippen LogP contribution in [-0.2, 0) is 6.42 Å². The number of aromatic nitrogens is 4. The molecule has 1 saturated heterocycles. The number of halogens is 2. The van der Waals surface area contributed by atoms with Crippen molar-refractivity contribution in [2.24, 2.45) is 0 Å². The van der Waals surface area contributed by atoms with Crippen molar-refractivity contribution in [2.45, 2.75) is 25.7 Å². The molecule has 1 aliphatic heterocycles. The van der Waals surface area contributed by atoms with Crippen molar-refractivity contribution in [1.82, 2.24) is 25.1 Å². The number of nitrogens with one attached hydrogen (secondary N) is 1. The van der Waals surface area contributed by atoms with Gasteiger partial charge in [0.2, 0.25) is 5.95 Å². The highest BCUT2D eigenvalue weighted by molar-refractivity contribution is 6.33. The van der Waals surface area contributed by atoms with Gasteiger partial charge in [0.1, 0.15) is 23.3 Å². The minimum Gasteiger partial charge on any atom is -0.382 e. The standard InChI is InChI=1S/C22H22ClFN8O/c23-17-13-28-22(31-10-1-2-11-31)29-19(17)21(33)27-9-3-4-18-16(12-25)20(26)32(30-18)15-7-5-14(24)6-8-15/h5-8,13H,1-4,9-11,26H2,(H,27,33). The van der Waals surface area contributed by atoms with E-state index in [1.54, 1.807) is 0 Å². The molecule has 11 heteroatoms. The number of hydrogen-bond donors (Lipinski definition) is 2. The van der Waals surface area contributed by atoms with E-state index in [9.17, 15) is 14.4 Å². The van der Waals surface area contributed by atoms with Gasteiger partial charge in [0.25, 0.3) is 5.91 Å². The molecule has 0 radical (unpaired) electrons. The van der Waals surface area contributed by atoms with Crippen molar-refractivity contribution in [3.63, 3.8) is 0 Å². The molecule has 3 N–H and O–H groups in total. The van der Waals surface area contributed by atoms with E-state index < -0.39 is 0 Å². The Morgan fingerprint density at radius 3 is 2.70 bits per heavy atom. The van der Waals surface area contributed by atoms with Crippen LogP contribution in [-0.4, -0.2) is 45.3 Å². The minimum atomic E-state index is -0.389. The SMILES string of the molecule is N#Cc1c(CCCNC(=O)c2nc(N3CCCC3)ncc2Cl)nn(-c2ccc(F)cc2)c1N. The lowest BCUT2D eigenvalue weighted by molar-refractivity contribution is 0.0948. The molecule has 2 aromatic heterocycles. The summed E-state index contributed by atoms with van der Waals surface area (Å²) in [6, 6.07) is 7.73. The van der Waals surface area contributed by atoms with E-state index >= 15 is 0 Å². The summed E-state index contributed by atoms with van der Waals surface area (Å²) in [5, 5.41) is 16.9. The third-order valence-electron chi connectivity index (χ3n) is 5.39. The summed E-state index contributed by atoms with van der Waals surface area (Å²) in [5.41, 5.74) is 7.53. The Kier molecular flexibility index (Phi) is 6.70. The molecule has 0 aliphatic carbocycles. The Labute approximate surface area is 195 Å². The first-order valence-corrected chi connectivity index (χ1v) is 10.9. The van der Waals surface area contributed by atoms with Gasteiger partial charge in [-0.05, 0) is 49.9 Å². The quantitative estimate of drug-likeness (QED) is 0.510. The van der Waals surface area contributed by atoms with Crippen molar-refractivity contribution in [3.8, 4) is 11.8 Å². The monoisotopic (exact) mass is 468 g/mol. The first kappa shape index (κ1) is 22.5. The lowest BCUT2D eigenvalue weighted by Crippen LogP contribution is -2.28. The van der Waals surface area contributed by atoms with Gasteiger partial charge in [-0.25, -0.2) is 19.0 Å². The number of nitrogens with two attached hydrogens (primary N) is 1. The third-order valence-corrected chi connectivity index (χ3v) is 5.66. The molecule has 0 spiro atoms. The molecule has 170 valence electrons. The van der Waals surface area contributed by atoms with Crippen LogP contribution in [0.4, 0.5) is 16.2 Å². The number of carbonyl (C=O) groups is 1. The van der Waals surface area contributed by atoms with E-state index in [2.05, 4.69) is 26.5 Å². The number of nitrogen functional groups attached to an aromatic ring is 1. The second-order valence-electron chi connectivity index (χ2n) is 7.63. The Morgan fingerprint density at radius 2 is 2.00 bits per heavy atom. The largest absolute Gasteiger partial charge is 0.382 e. The average molecular weight is 469 g/mol. The maximum absolute atomic E-state index is 13.2. The number of aryl methyl sites for hydroxylation is 1. The van der Waals surface area contributed by atoms with Crippen LogP contribution in [0.3, 0.4) is 0 Å². The molecular weight excluding hydrogens is 447 g/mol. The van der Waals surface area contributed by atoms with Crippen molar-refractivity contribution in [1.29, 1.82) is 5.26 Å². The van der Waals surface area contributed by atoms with Crippen LogP contribution in [0.1, 0.15) is 41.0 Å². The number of anilines is 2. The zero-order valence-electron chi connectivity index (χ0n) is 17.8. The molecule has 3 heterocycles. The molecule has 0 unspecified atom stereocenters. The maximum atomic E-state index is 13.2. The number of rotatable bonds is 7. The Morgan fingerprint density at radius 1 is 1.27 bits per heavy atom. The number of hydrogen-bond acceptors (Lipinski definition) is 7. The van der Waals surface area contributed by atoms with Gasteiger partial charge >= 0.3 is 0 Å². The predicted molar refractivity (Wildman–Crippen MR) is 122 cm³/mol. The van der Waals surface area contributed by atoms with Crippen LogP contribution in [0.2, 0.25) is 5.02 Å². The normalized spacial score (nSPS) is 13.2. The van der Waals surface area contributed by atoms with Gasteiger partial charge in [-0.15, -0.1) is 0 Å². The first-order valence-electron chi connectivity index (χ1n) is 10.6. The highest BCUT2D eigenvalue weighted by Crippen LogP contribution is 2.22. The molecule has 0 atom stereocenters. The average Bonchev–Trinajstić information content (AvgIpc) is 3.46. The van der Waals surface area contributed by atoms with Crippen LogP contribution in [0.5, 0.6) is 0 Å². The number of carbonyl (C=O) groups excluding carboxylic acids is 1. The fourth-order valence-corrected chi connectivity index (χ4v) is 3.86. The van der Waals surface area contributed by atoms with Crippen molar-refractivity contribution in [3.05, 3.63) is 58.3 Å². The van der Waals surface area contributed by atoms with Gasteiger partial charge in [0.15, 0.2) is 5.69 Å². The highest BCUT2D eigenvalue weighted by Gasteiger charge is 2.20. The van der Waals surface area contributed by atoms with Gasteiger partial charge < -0.3 is 16.0 Å². The molecule has 3 aromatic rings. The molecule has 1 amide bonds. The summed E-state index contributed by atoms with van der Waals surface area (Å²) in [6.45, 7) is 2.04. The van der Waals surface area contributed by atoms with Crippen LogP contribution >= 0.6 is 11.6 Å². The molecule has 4 rings (SSSR count). The Hall–Kier alpha value is -3.71. The second kappa shape index (κ2) is 9.83. The third kappa shape index (κ3) is 4.88. The topological polar surface area (TPSA) is 126 Å². The van der Waals surface area contributed by atoms with E-state index in [4.69, 9.17) is 17.3 Å². The molecule has 0 saturated carbocycles. The van der Waals surface area contributed by atoms with Gasteiger partial charge in [0.05, 0.1) is 22.6 Å².